The summed E-state index contributed by atoms with van der Waals surface area (Å²) in [6.45, 7) is 0.556. The summed E-state index contributed by atoms with van der Waals surface area (Å²) in [5.41, 5.74) is -0.482. The standard InChI is InChI=1S/C10H9ClN2O2/c11-7-2-1-3-8(12-7)13-5-10(9(14)15)4-6(10)13/h1-3,6H,4-5H2,(H,14,15). The largest absolute Gasteiger partial charge is 0.481 e. The first-order valence-corrected chi connectivity index (χ1v) is 5.14. The molecule has 2 aliphatic rings. The molecule has 5 heteroatoms. The monoisotopic (exact) mass is 224 g/mol. The highest BCUT2D eigenvalue weighted by Crippen LogP contribution is 2.59. The lowest BCUT2D eigenvalue weighted by Gasteiger charge is -2.36. The van der Waals surface area contributed by atoms with Gasteiger partial charge in [0.2, 0.25) is 0 Å². The van der Waals surface area contributed by atoms with Crippen molar-refractivity contribution in [3.8, 4) is 0 Å². The van der Waals surface area contributed by atoms with E-state index >= 15 is 0 Å². The Hall–Kier alpha value is -1.29. The van der Waals surface area contributed by atoms with Crippen molar-refractivity contribution in [1.29, 1.82) is 0 Å². The van der Waals surface area contributed by atoms with Crippen molar-refractivity contribution < 1.29 is 9.90 Å². The van der Waals surface area contributed by atoms with Crippen LogP contribution in [0.15, 0.2) is 18.2 Å². The summed E-state index contributed by atoms with van der Waals surface area (Å²) in [6.07, 6.45) is 0.733. The van der Waals surface area contributed by atoms with Crippen LogP contribution in [0.3, 0.4) is 0 Å². The minimum atomic E-state index is -0.689. The van der Waals surface area contributed by atoms with Crippen molar-refractivity contribution in [3.05, 3.63) is 23.4 Å². The van der Waals surface area contributed by atoms with Gasteiger partial charge in [-0.1, -0.05) is 17.7 Å². The fourth-order valence-electron chi connectivity index (χ4n) is 2.26. The fraction of sp³-hybridized carbons (Fsp3) is 0.400. The van der Waals surface area contributed by atoms with E-state index in [0.717, 1.165) is 12.2 Å². The van der Waals surface area contributed by atoms with Gasteiger partial charge in [0.05, 0.1) is 0 Å². The van der Waals surface area contributed by atoms with Gasteiger partial charge in [-0.2, -0.15) is 0 Å². The number of fused-ring (bicyclic) bond motifs is 1. The van der Waals surface area contributed by atoms with Crippen LogP contribution < -0.4 is 4.90 Å². The molecule has 15 heavy (non-hydrogen) atoms. The van der Waals surface area contributed by atoms with Crippen LogP contribution in [0, 0.1) is 5.41 Å². The van der Waals surface area contributed by atoms with Crippen molar-refractivity contribution in [2.45, 2.75) is 12.5 Å². The van der Waals surface area contributed by atoms with Gasteiger partial charge in [-0.3, -0.25) is 4.79 Å². The fourth-order valence-corrected chi connectivity index (χ4v) is 2.42. The highest BCUT2D eigenvalue weighted by Gasteiger charge is 2.72. The Labute approximate surface area is 91.5 Å². The van der Waals surface area contributed by atoms with E-state index in [2.05, 4.69) is 4.98 Å². The summed E-state index contributed by atoms with van der Waals surface area (Å²) < 4.78 is 0. The Kier molecular flexibility index (Phi) is 1.58. The molecule has 1 aromatic heterocycles. The first kappa shape index (κ1) is 8.97. The highest BCUT2D eigenvalue weighted by atomic mass is 35.5. The van der Waals surface area contributed by atoms with Crippen LogP contribution >= 0.6 is 11.6 Å². The quantitative estimate of drug-likeness (QED) is 0.772. The molecule has 2 heterocycles. The third kappa shape index (κ3) is 1.08. The Morgan fingerprint density at radius 2 is 2.47 bits per heavy atom. The predicted octanol–water partition coefficient (Wildman–Crippen LogP) is 1.40. The molecule has 0 aromatic carbocycles. The number of nitrogens with zero attached hydrogens (tertiary/aromatic N) is 2. The number of pyridine rings is 1. The molecule has 0 radical (unpaired) electrons. The SMILES string of the molecule is O=C(O)C12CC1N(c1cccc(Cl)n1)C2. The lowest BCUT2D eigenvalue weighted by atomic mass is 9.98. The summed E-state index contributed by atoms with van der Waals surface area (Å²) in [6, 6.07) is 5.52. The van der Waals surface area contributed by atoms with Crippen LogP contribution in [0.2, 0.25) is 5.15 Å². The minimum Gasteiger partial charge on any atom is -0.481 e. The first-order valence-electron chi connectivity index (χ1n) is 4.76. The molecule has 0 amide bonds. The normalized spacial score (nSPS) is 31.8. The molecule has 2 unspecified atom stereocenters. The average molecular weight is 225 g/mol. The third-order valence-electron chi connectivity index (χ3n) is 3.28. The Morgan fingerprint density at radius 1 is 1.67 bits per heavy atom. The number of carboxylic acid groups (broad SMARTS) is 1. The second-order valence-corrected chi connectivity index (χ2v) is 4.51. The van der Waals surface area contributed by atoms with Crippen LogP contribution in [0.25, 0.3) is 0 Å². The zero-order valence-corrected chi connectivity index (χ0v) is 8.61. The van der Waals surface area contributed by atoms with E-state index in [1.165, 1.54) is 0 Å². The number of carbonyl (C=O) groups is 1. The molecule has 1 aliphatic carbocycles. The lowest BCUT2D eigenvalue weighted by Crippen LogP contribution is -2.50. The van der Waals surface area contributed by atoms with Crippen LogP contribution in [0.4, 0.5) is 5.82 Å². The molecule has 78 valence electrons. The molecular weight excluding hydrogens is 216 g/mol. The van der Waals surface area contributed by atoms with Crippen molar-refractivity contribution in [3.63, 3.8) is 0 Å². The maximum absolute atomic E-state index is 10.9. The van der Waals surface area contributed by atoms with E-state index in [1.54, 1.807) is 6.07 Å². The summed E-state index contributed by atoms with van der Waals surface area (Å²) >= 11 is 5.77. The Morgan fingerprint density at radius 3 is 3.00 bits per heavy atom. The van der Waals surface area contributed by atoms with Crippen LogP contribution in [0.1, 0.15) is 6.42 Å². The van der Waals surface area contributed by atoms with E-state index in [0.29, 0.717) is 11.7 Å². The lowest BCUT2D eigenvalue weighted by molar-refractivity contribution is -0.144. The van der Waals surface area contributed by atoms with Crippen LogP contribution in [0.5, 0.6) is 0 Å². The van der Waals surface area contributed by atoms with Crippen molar-refractivity contribution >= 4 is 23.4 Å². The molecule has 1 aliphatic heterocycles. The molecule has 3 rings (SSSR count). The zero-order chi connectivity index (χ0) is 10.6. The van der Waals surface area contributed by atoms with Gasteiger partial charge in [0.1, 0.15) is 16.4 Å². The van der Waals surface area contributed by atoms with Crippen LogP contribution in [-0.4, -0.2) is 28.6 Å². The zero-order valence-electron chi connectivity index (χ0n) is 7.85. The van der Waals surface area contributed by atoms with Crippen LogP contribution in [-0.2, 0) is 4.79 Å². The summed E-state index contributed by atoms with van der Waals surface area (Å²) in [5.74, 6) is 0.0904. The highest BCUT2D eigenvalue weighted by molar-refractivity contribution is 6.29. The maximum Gasteiger partial charge on any atom is 0.313 e. The van der Waals surface area contributed by atoms with E-state index in [4.69, 9.17) is 16.7 Å². The van der Waals surface area contributed by atoms with Crippen molar-refractivity contribution in [2.24, 2.45) is 5.41 Å². The topological polar surface area (TPSA) is 53.4 Å². The summed E-state index contributed by atoms with van der Waals surface area (Å²) in [7, 11) is 0. The molecule has 1 saturated carbocycles. The molecule has 2 atom stereocenters. The van der Waals surface area contributed by atoms with Gasteiger partial charge in [0, 0.05) is 12.6 Å². The number of hydrogen-bond donors (Lipinski definition) is 1. The van der Waals surface area contributed by atoms with Gasteiger partial charge in [0.15, 0.2) is 0 Å². The number of hydrogen-bond acceptors (Lipinski definition) is 3. The molecule has 1 N–H and O–H groups in total. The molecule has 1 saturated heterocycles. The van der Waals surface area contributed by atoms with E-state index in [9.17, 15) is 4.79 Å². The Balaban J connectivity index is 1.82. The molecule has 0 bridgehead atoms. The predicted molar refractivity (Wildman–Crippen MR) is 55.1 cm³/mol. The van der Waals surface area contributed by atoms with E-state index in [-0.39, 0.29) is 6.04 Å². The van der Waals surface area contributed by atoms with Crippen molar-refractivity contribution in [1.82, 2.24) is 4.98 Å². The maximum atomic E-state index is 10.9. The summed E-state index contributed by atoms with van der Waals surface area (Å²) in [5, 5.41) is 9.43. The van der Waals surface area contributed by atoms with Gasteiger partial charge in [-0.25, -0.2) is 4.98 Å². The molecule has 0 spiro atoms. The van der Waals surface area contributed by atoms with Gasteiger partial charge >= 0.3 is 5.97 Å². The van der Waals surface area contributed by atoms with Gasteiger partial charge in [0.25, 0.3) is 0 Å². The van der Waals surface area contributed by atoms with E-state index in [1.807, 2.05) is 17.0 Å². The van der Waals surface area contributed by atoms with E-state index < -0.39 is 11.4 Å². The first-order chi connectivity index (χ1) is 7.13. The number of aromatic nitrogens is 1. The number of aliphatic carboxylic acids is 1. The Bertz CT molecular complexity index is 451. The second kappa shape index (κ2) is 2.64. The van der Waals surface area contributed by atoms with Gasteiger partial charge < -0.3 is 10.0 Å². The number of carboxylic acids is 1. The molecule has 4 nitrogen and oxygen atoms in total. The molecular formula is C10H9ClN2O2. The van der Waals surface area contributed by atoms with Crippen molar-refractivity contribution in [2.75, 3.05) is 11.4 Å². The number of anilines is 1. The third-order valence-corrected chi connectivity index (χ3v) is 3.50. The second-order valence-electron chi connectivity index (χ2n) is 4.13. The summed E-state index contributed by atoms with van der Waals surface area (Å²) in [4.78, 5) is 17.1. The average Bonchev–Trinajstić information content (AvgIpc) is 2.73. The molecule has 2 fully saturated rings. The number of halogens is 1. The van der Waals surface area contributed by atoms with Gasteiger partial charge in [-0.15, -0.1) is 0 Å². The number of rotatable bonds is 2. The minimum absolute atomic E-state index is 0.126. The smallest absolute Gasteiger partial charge is 0.313 e. The van der Waals surface area contributed by atoms with Gasteiger partial charge in [-0.05, 0) is 18.6 Å². The molecule has 1 aromatic rings.